The summed E-state index contributed by atoms with van der Waals surface area (Å²) in [5, 5.41) is 0. The summed E-state index contributed by atoms with van der Waals surface area (Å²) in [7, 11) is 1.95. The Kier molecular flexibility index (Phi) is 7.17. The van der Waals surface area contributed by atoms with E-state index in [0.29, 0.717) is 31.3 Å². The number of benzene rings is 1. The van der Waals surface area contributed by atoms with E-state index in [1.54, 1.807) is 18.2 Å². The fraction of sp³-hybridized carbons (Fsp3) is 0.480. The Morgan fingerprint density at radius 1 is 1.16 bits per heavy atom. The number of hydrogen-bond acceptors (Lipinski definition) is 5. The van der Waals surface area contributed by atoms with Crippen LogP contribution in [0.5, 0.6) is 0 Å². The lowest BCUT2D eigenvalue weighted by atomic mass is 9.94. The molecule has 1 saturated carbocycles. The molecule has 7 nitrogen and oxygen atoms in total. The molecule has 7 heteroatoms. The number of carbonyl (C=O) groups excluding carboxylic acids is 2. The van der Waals surface area contributed by atoms with E-state index in [2.05, 4.69) is 4.90 Å². The Balaban J connectivity index is 1.42. The minimum Gasteiger partial charge on any atom is -0.369 e. The zero-order chi connectivity index (χ0) is 22.5. The molecule has 1 saturated heterocycles. The smallest absolute Gasteiger partial charge is 0.248 e. The molecule has 1 aliphatic heterocycles. The lowest BCUT2D eigenvalue weighted by molar-refractivity contribution is -0.135. The second-order valence-corrected chi connectivity index (χ2v) is 8.78. The summed E-state index contributed by atoms with van der Waals surface area (Å²) in [6.07, 6.45) is 5.74. The highest BCUT2D eigenvalue weighted by atomic mass is 16.5. The second-order valence-electron chi connectivity index (χ2n) is 8.78. The number of hydrogen-bond donors (Lipinski definition) is 1. The Bertz CT molecular complexity index is 958. The fourth-order valence-electron chi connectivity index (χ4n) is 4.62. The van der Waals surface area contributed by atoms with E-state index in [4.69, 9.17) is 15.5 Å². The molecule has 0 radical (unpaired) electrons. The van der Waals surface area contributed by atoms with Crippen LogP contribution in [0.25, 0.3) is 11.3 Å². The van der Waals surface area contributed by atoms with Crippen LogP contribution in [0.2, 0.25) is 0 Å². The zero-order valence-corrected chi connectivity index (χ0v) is 18.7. The van der Waals surface area contributed by atoms with Crippen LogP contribution in [-0.4, -0.2) is 65.9 Å². The van der Waals surface area contributed by atoms with Gasteiger partial charge in [-0.2, -0.15) is 0 Å². The molecule has 2 heterocycles. The van der Waals surface area contributed by atoms with Crippen molar-refractivity contribution >= 4 is 11.8 Å². The fourth-order valence-corrected chi connectivity index (χ4v) is 4.62. The summed E-state index contributed by atoms with van der Waals surface area (Å²) < 4.78 is 6.00. The number of primary amides is 1. The van der Waals surface area contributed by atoms with Gasteiger partial charge < -0.3 is 15.4 Å². The van der Waals surface area contributed by atoms with Gasteiger partial charge in [-0.25, -0.2) is 0 Å². The Morgan fingerprint density at radius 2 is 1.94 bits per heavy atom. The van der Waals surface area contributed by atoms with Crippen LogP contribution in [0.15, 0.2) is 42.5 Å². The van der Waals surface area contributed by atoms with E-state index >= 15 is 0 Å². The Labute approximate surface area is 189 Å². The molecule has 2 fully saturated rings. The molecule has 170 valence electrons. The topological polar surface area (TPSA) is 88.8 Å². The maximum absolute atomic E-state index is 12.9. The van der Waals surface area contributed by atoms with E-state index < -0.39 is 5.91 Å². The first-order chi connectivity index (χ1) is 15.5. The van der Waals surface area contributed by atoms with E-state index in [1.165, 1.54) is 19.3 Å². The lowest BCUT2D eigenvalue weighted by Crippen LogP contribution is -2.47. The SMILES string of the molecule is CN(C(=O)CN1CCO[C@@H](c2cccc(-c3cccc(C(N)=O)c3)n2)C1)C1CCCCC1. The minimum absolute atomic E-state index is 0.183. The van der Waals surface area contributed by atoms with Crippen LogP contribution >= 0.6 is 0 Å². The number of likely N-dealkylation sites (N-methyl/N-ethyl adjacent to an activating group) is 1. The lowest BCUT2D eigenvalue weighted by Gasteiger charge is -2.36. The van der Waals surface area contributed by atoms with Gasteiger partial charge in [0.25, 0.3) is 0 Å². The third-order valence-electron chi connectivity index (χ3n) is 6.57. The van der Waals surface area contributed by atoms with E-state index in [0.717, 1.165) is 36.3 Å². The highest BCUT2D eigenvalue weighted by Gasteiger charge is 2.28. The van der Waals surface area contributed by atoms with Crippen LogP contribution in [0.4, 0.5) is 0 Å². The number of pyridine rings is 1. The molecule has 0 unspecified atom stereocenters. The highest BCUT2D eigenvalue weighted by molar-refractivity contribution is 5.94. The zero-order valence-electron chi connectivity index (χ0n) is 18.7. The molecular weight excluding hydrogens is 404 g/mol. The summed E-state index contributed by atoms with van der Waals surface area (Å²) in [4.78, 5) is 33.3. The molecule has 0 bridgehead atoms. The molecule has 0 spiro atoms. The maximum atomic E-state index is 12.9. The monoisotopic (exact) mass is 436 g/mol. The summed E-state index contributed by atoms with van der Waals surface area (Å²) in [5.41, 5.74) is 8.29. The molecule has 2 amide bonds. The van der Waals surface area contributed by atoms with Crippen LogP contribution in [0.1, 0.15) is 54.3 Å². The first-order valence-electron chi connectivity index (χ1n) is 11.5. The third-order valence-corrected chi connectivity index (χ3v) is 6.57. The van der Waals surface area contributed by atoms with Gasteiger partial charge in [0, 0.05) is 37.3 Å². The number of carbonyl (C=O) groups is 2. The number of morpholine rings is 1. The molecule has 2 N–H and O–H groups in total. The van der Waals surface area contributed by atoms with Crippen molar-refractivity contribution in [2.24, 2.45) is 5.73 Å². The van der Waals surface area contributed by atoms with Crippen LogP contribution in [-0.2, 0) is 9.53 Å². The van der Waals surface area contributed by atoms with Gasteiger partial charge in [-0.15, -0.1) is 0 Å². The Hall–Kier alpha value is -2.77. The standard InChI is InChI=1S/C25H32N4O3/c1-28(20-9-3-2-4-10-20)24(30)17-29-13-14-32-23(16-29)22-12-6-11-21(27-22)18-7-5-8-19(15-18)25(26)31/h5-8,11-12,15,20,23H,2-4,9-10,13-14,16-17H2,1H3,(H2,26,31)/t23-/m1/s1. The predicted octanol–water partition coefficient (Wildman–Crippen LogP) is 3.01. The quantitative estimate of drug-likeness (QED) is 0.752. The first-order valence-corrected chi connectivity index (χ1v) is 11.5. The number of rotatable bonds is 6. The van der Waals surface area contributed by atoms with Gasteiger partial charge in [0.1, 0.15) is 6.10 Å². The van der Waals surface area contributed by atoms with Gasteiger partial charge >= 0.3 is 0 Å². The van der Waals surface area contributed by atoms with E-state index in [1.807, 2.05) is 36.2 Å². The van der Waals surface area contributed by atoms with Crippen molar-refractivity contribution in [2.75, 3.05) is 33.3 Å². The van der Waals surface area contributed by atoms with Crippen LogP contribution < -0.4 is 5.73 Å². The molecule has 1 aliphatic carbocycles. The third kappa shape index (κ3) is 5.34. The molecule has 1 atom stereocenters. The van der Waals surface area contributed by atoms with Crippen LogP contribution in [0.3, 0.4) is 0 Å². The largest absolute Gasteiger partial charge is 0.369 e. The van der Waals surface area contributed by atoms with Gasteiger partial charge in [0.15, 0.2) is 0 Å². The summed E-state index contributed by atoms with van der Waals surface area (Å²) >= 11 is 0. The average Bonchev–Trinajstić information content (AvgIpc) is 2.84. The van der Waals surface area contributed by atoms with E-state index in [9.17, 15) is 9.59 Å². The van der Waals surface area contributed by atoms with Crippen molar-refractivity contribution in [3.63, 3.8) is 0 Å². The molecular formula is C25H32N4O3. The molecule has 2 aromatic rings. The van der Waals surface area contributed by atoms with Crippen LogP contribution in [0, 0.1) is 0 Å². The molecule has 1 aromatic heterocycles. The number of nitrogens with two attached hydrogens (primary N) is 1. The maximum Gasteiger partial charge on any atom is 0.248 e. The van der Waals surface area contributed by atoms with Gasteiger partial charge in [0.2, 0.25) is 11.8 Å². The van der Waals surface area contributed by atoms with Gasteiger partial charge in [0.05, 0.1) is 24.5 Å². The molecule has 1 aromatic carbocycles. The number of ether oxygens (including phenoxy) is 1. The molecule has 32 heavy (non-hydrogen) atoms. The number of amides is 2. The second kappa shape index (κ2) is 10.2. The van der Waals surface area contributed by atoms with Crippen molar-refractivity contribution in [3.8, 4) is 11.3 Å². The van der Waals surface area contributed by atoms with Crippen molar-refractivity contribution in [3.05, 3.63) is 53.7 Å². The normalized spacial score (nSPS) is 20.1. The predicted molar refractivity (Wildman–Crippen MR) is 123 cm³/mol. The summed E-state index contributed by atoms with van der Waals surface area (Å²) in [6.45, 7) is 2.34. The summed E-state index contributed by atoms with van der Waals surface area (Å²) in [5.74, 6) is -0.278. The Morgan fingerprint density at radius 3 is 2.72 bits per heavy atom. The average molecular weight is 437 g/mol. The molecule has 4 rings (SSSR count). The van der Waals surface area contributed by atoms with Gasteiger partial charge in [-0.3, -0.25) is 19.5 Å². The van der Waals surface area contributed by atoms with E-state index in [-0.39, 0.29) is 12.0 Å². The number of nitrogens with zero attached hydrogens (tertiary/aromatic N) is 3. The van der Waals surface area contributed by atoms with Crippen molar-refractivity contribution in [1.82, 2.24) is 14.8 Å². The summed E-state index contributed by atoms with van der Waals surface area (Å²) in [6, 6.07) is 13.3. The first kappa shape index (κ1) is 22.4. The van der Waals surface area contributed by atoms with Gasteiger partial charge in [-0.1, -0.05) is 37.5 Å². The van der Waals surface area contributed by atoms with Crippen molar-refractivity contribution < 1.29 is 14.3 Å². The minimum atomic E-state index is -0.461. The van der Waals surface area contributed by atoms with Crippen molar-refractivity contribution in [2.45, 2.75) is 44.2 Å². The van der Waals surface area contributed by atoms with Gasteiger partial charge in [-0.05, 0) is 37.1 Å². The molecule has 2 aliphatic rings. The number of aromatic nitrogens is 1. The highest BCUT2D eigenvalue weighted by Crippen LogP contribution is 2.26. The van der Waals surface area contributed by atoms with Crippen molar-refractivity contribution in [1.29, 1.82) is 0 Å².